The number of benzene rings is 2. The minimum absolute atomic E-state index is 0.0685. The van der Waals surface area contributed by atoms with Crippen LogP contribution in [-0.4, -0.2) is 11.2 Å². The van der Waals surface area contributed by atoms with Gasteiger partial charge in [-0.3, -0.25) is 0 Å². The molecule has 0 aromatic heterocycles. The van der Waals surface area contributed by atoms with Crippen molar-refractivity contribution < 1.29 is 9.84 Å². The van der Waals surface area contributed by atoms with E-state index in [4.69, 9.17) is 39.5 Å². The molecule has 5 heteroatoms. The van der Waals surface area contributed by atoms with Crippen LogP contribution in [0.5, 0.6) is 5.75 Å². The van der Waals surface area contributed by atoms with Crippen LogP contribution in [0.3, 0.4) is 0 Å². The van der Waals surface area contributed by atoms with E-state index in [1.807, 2.05) is 6.07 Å². The first-order chi connectivity index (χ1) is 9.95. The number of aliphatic hydroxyl groups excluding tert-OH is 1. The van der Waals surface area contributed by atoms with Crippen molar-refractivity contribution in [1.29, 1.82) is 0 Å². The van der Waals surface area contributed by atoms with Crippen molar-refractivity contribution in [3.8, 4) is 5.75 Å². The van der Waals surface area contributed by atoms with E-state index in [9.17, 15) is 5.11 Å². The lowest BCUT2D eigenvalue weighted by Gasteiger charge is -2.18. The summed E-state index contributed by atoms with van der Waals surface area (Å²) in [5.41, 5.74) is 0.881. The Kier molecular flexibility index (Phi) is 5.40. The Morgan fingerprint density at radius 3 is 2.48 bits per heavy atom. The van der Waals surface area contributed by atoms with Crippen molar-refractivity contribution in [2.75, 3.05) is 0 Å². The van der Waals surface area contributed by atoms with E-state index in [0.717, 1.165) is 5.56 Å². The molecule has 1 N–H and O–H groups in total. The molecule has 110 valence electrons. The number of rotatable bonds is 5. The second kappa shape index (κ2) is 7.08. The maximum atomic E-state index is 9.72. The Hall–Kier alpha value is -1.35. The van der Waals surface area contributed by atoms with Gasteiger partial charge in [0.1, 0.15) is 11.5 Å². The van der Waals surface area contributed by atoms with Crippen LogP contribution in [-0.2, 0) is 6.42 Å². The SMILES string of the molecule is C=C(O)C(Cc1ccc(Cl)c(Cl)c1)Oc1cccc(Cl)c1. The lowest BCUT2D eigenvalue weighted by molar-refractivity contribution is 0.177. The van der Waals surface area contributed by atoms with Gasteiger partial charge in [0.25, 0.3) is 0 Å². The zero-order valence-electron chi connectivity index (χ0n) is 11.0. The van der Waals surface area contributed by atoms with Gasteiger partial charge in [0.15, 0.2) is 6.10 Å². The maximum absolute atomic E-state index is 9.72. The van der Waals surface area contributed by atoms with Crippen LogP contribution >= 0.6 is 34.8 Å². The Morgan fingerprint density at radius 1 is 1.10 bits per heavy atom. The first-order valence-electron chi connectivity index (χ1n) is 6.19. The molecular formula is C16H13Cl3O2. The molecule has 2 aromatic rings. The summed E-state index contributed by atoms with van der Waals surface area (Å²) in [5.74, 6) is 0.490. The van der Waals surface area contributed by atoms with E-state index in [1.165, 1.54) is 0 Å². The van der Waals surface area contributed by atoms with Crippen molar-refractivity contribution in [3.63, 3.8) is 0 Å². The lowest BCUT2D eigenvalue weighted by atomic mass is 10.1. The van der Waals surface area contributed by atoms with Crippen molar-refractivity contribution in [3.05, 3.63) is 75.4 Å². The molecule has 0 bridgehead atoms. The fourth-order valence-electron chi connectivity index (χ4n) is 1.81. The summed E-state index contributed by atoms with van der Waals surface area (Å²) < 4.78 is 5.72. The van der Waals surface area contributed by atoms with E-state index < -0.39 is 6.10 Å². The second-order valence-corrected chi connectivity index (χ2v) is 5.76. The van der Waals surface area contributed by atoms with Crippen molar-refractivity contribution >= 4 is 34.8 Å². The Bertz CT molecular complexity index is 656. The van der Waals surface area contributed by atoms with E-state index in [2.05, 4.69) is 6.58 Å². The number of hydrogen-bond donors (Lipinski definition) is 1. The van der Waals surface area contributed by atoms with E-state index in [-0.39, 0.29) is 5.76 Å². The molecular weight excluding hydrogens is 331 g/mol. The topological polar surface area (TPSA) is 29.5 Å². The molecule has 0 aliphatic heterocycles. The molecule has 0 amide bonds. The highest BCUT2D eigenvalue weighted by Gasteiger charge is 2.16. The van der Waals surface area contributed by atoms with Crippen molar-refractivity contribution in [1.82, 2.24) is 0 Å². The summed E-state index contributed by atoms with van der Waals surface area (Å²) in [6.07, 6.45) is -0.181. The Balaban J connectivity index is 2.15. The average Bonchev–Trinajstić information content (AvgIpc) is 2.42. The van der Waals surface area contributed by atoms with Gasteiger partial charge in [-0.2, -0.15) is 0 Å². The van der Waals surface area contributed by atoms with Crippen LogP contribution in [0.2, 0.25) is 15.1 Å². The van der Waals surface area contributed by atoms with Crippen LogP contribution in [0, 0.1) is 0 Å². The van der Waals surface area contributed by atoms with E-state index >= 15 is 0 Å². The van der Waals surface area contributed by atoms with Gasteiger partial charge in [0.05, 0.1) is 10.0 Å². The molecule has 2 rings (SSSR count). The second-order valence-electron chi connectivity index (χ2n) is 4.51. The van der Waals surface area contributed by atoms with Gasteiger partial charge in [0, 0.05) is 11.4 Å². The summed E-state index contributed by atoms with van der Waals surface area (Å²) in [6, 6.07) is 12.2. The molecule has 0 heterocycles. The Morgan fingerprint density at radius 2 is 1.86 bits per heavy atom. The summed E-state index contributed by atoms with van der Waals surface area (Å²) in [7, 11) is 0. The molecule has 0 aliphatic rings. The minimum Gasteiger partial charge on any atom is -0.509 e. The highest BCUT2D eigenvalue weighted by atomic mass is 35.5. The first-order valence-corrected chi connectivity index (χ1v) is 7.33. The van der Waals surface area contributed by atoms with E-state index in [0.29, 0.717) is 27.2 Å². The van der Waals surface area contributed by atoms with Gasteiger partial charge >= 0.3 is 0 Å². The monoisotopic (exact) mass is 342 g/mol. The molecule has 21 heavy (non-hydrogen) atoms. The molecule has 0 spiro atoms. The highest BCUT2D eigenvalue weighted by molar-refractivity contribution is 6.42. The van der Waals surface area contributed by atoms with Gasteiger partial charge in [-0.1, -0.05) is 53.5 Å². The molecule has 1 unspecified atom stereocenters. The minimum atomic E-state index is -0.597. The van der Waals surface area contributed by atoms with Gasteiger partial charge in [-0.25, -0.2) is 0 Å². The zero-order valence-corrected chi connectivity index (χ0v) is 13.3. The number of hydrogen-bond acceptors (Lipinski definition) is 2. The zero-order chi connectivity index (χ0) is 15.4. The number of ether oxygens (including phenoxy) is 1. The van der Waals surface area contributed by atoms with Gasteiger partial charge in [0.2, 0.25) is 0 Å². The molecule has 1 atom stereocenters. The number of aliphatic hydroxyl groups is 1. The third-order valence-corrected chi connectivity index (χ3v) is 3.83. The van der Waals surface area contributed by atoms with Gasteiger partial charge < -0.3 is 9.84 Å². The summed E-state index contributed by atoms with van der Waals surface area (Å²) in [4.78, 5) is 0. The fraction of sp³-hybridized carbons (Fsp3) is 0.125. The molecule has 0 radical (unpaired) electrons. The number of halogens is 3. The van der Waals surface area contributed by atoms with Crippen LogP contribution in [0.25, 0.3) is 0 Å². The van der Waals surface area contributed by atoms with Crippen LogP contribution in [0.15, 0.2) is 54.8 Å². The first kappa shape index (κ1) is 16.0. The summed E-state index contributed by atoms with van der Waals surface area (Å²) in [6.45, 7) is 3.55. The molecule has 0 saturated carbocycles. The molecule has 2 nitrogen and oxygen atoms in total. The van der Waals surface area contributed by atoms with Crippen molar-refractivity contribution in [2.45, 2.75) is 12.5 Å². The summed E-state index contributed by atoms with van der Waals surface area (Å²) >= 11 is 17.8. The summed E-state index contributed by atoms with van der Waals surface area (Å²) in [5, 5.41) is 11.2. The van der Waals surface area contributed by atoms with Gasteiger partial charge in [-0.05, 0) is 35.9 Å². The standard InChI is InChI=1S/C16H13Cl3O2/c1-10(20)16(21-13-4-2-3-12(17)9-13)8-11-5-6-14(18)15(19)7-11/h2-7,9,16,20H,1,8H2. The molecule has 2 aromatic carbocycles. The maximum Gasteiger partial charge on any atom is 0.158 e. The van der Waals surface area contributed by atoms with Gasteiger partial charge in [-0.15, -0.1) is 0 Å². The van der Waals surface area contributed by atoms with Crippen LogP contribution in [0.4, 0.5) is 0 Å². The predicted molar refractivity (Wildman–Crippen MR) is 87.8 cm³/mol. The highest BCUT2D eigenvalue weighted by Crippen LogP contribution is 2.25. The third-order valence-electron chi connectivity index (χ3n) is 2.85. The fourth-order valence-corrected chi connectivity index (χ4v) is 2.31. The van der Waals surface area contributed by atoms with Crippen LogP contribution < -0.4 is 4.74 Å². The largest absolute Gasteiger partial charge is 0.509 e. The molecule has 0 aliphatic carbocycles. The van der Waals surface area contributed by atoms with Crippen LogP contribution in [0.1, 0.15) is 5.56 Å². The molecule has 0 fully saturated rings. The average molecular weight is 344 g/mol. The third kappa shape index (κ3) is 4.57. The molecule has 0 saturated heterocycles. The normalized spacial score (nSPS) is 12.0. The smallest absolute Gasteiger partial charge is 0.158 e. The van der Waals surface area contributed by atoms with E-state index in [1.54, 1.807) is 36.4 Å². The lowest BCUT2D eigenvalue weighted by Crippen LogP contribution is -2.21. The Labute approximate surface area is 138 Å². The van der Waals surface area contributed by atoms with Crippen molar-refractivity contribution in [2.24, 2.45) is 0 Å². The predicted octanol–water partition coefficient (Wildman–Crippen LogP) is 5.71. The quantitative estimate of drug-likeness (QED) is 0.705.